The minimum absolute atomic E-state index is 0.372. The van der Waals surface area contributed by atoms with Crippen LogP contribution >= 0.6 is 0 Å². The Morgan fingerprint density at radius 3 is 2.42 bits per heavy atom. The highest BCUT2D eigenvalue weighted by molar-refractivity contribution is 5.85. The lowest BCUT2D eigenvalue weighted by Gasteiger charge is -2.15. The summed E-state index contributed by atoms with van der Waals surface area (Å²) in [7, 11) is 4.48. The number of hydrogen-bond donors (Lipinski definition) is 0. The molecule has 1 aromatic carbocycles. The number of esters is 1. The molecule has 0 fully saturated rings. The standard InChI is InChI=1S/C14H19NO4/c1-10(13(16)17-2)15-9-11-7-5-6-8-12(11)14(18-3)19-4/h5-10,14H,1-4H3. The van der Waals surface area contributed by atoms with Gasteiger partial charge in [-0.3, -0.25) is 4.99 Å². The summed E-state index contributed by atoms with van der Waals surface area (Å²) in [6.07, 6.45) is 1.16. The topological polar surface area (TPSA) is 57.1 Å². The maximum absolute atomic E-state index is 11.3. The number of nitrogens with zero attached hydrogens (tertiary/aromatic N) is 1. The molecule has 5 heteroatoms. The number of hydrogen-bond acceptors (Lipinski definition) is 5. The van der Waals surface area contributed by atoms with E-state index in [1.54, 1.807) is 27.4 Å². The summed E-state index contributed by atoms with van der Waals surface area (Å²) in [5.74, 6) is -0.372. The predicted octanol–water partition coefficient (Wildman–Crippen LogP) is 1.96. The van der Waals surface area contributed by atoms with Gasteiger partial charge in [0.2, 0.25) is 0 Å². The Balaban J connectivity index is 2.95. The maximum atomic E-state index is 11.3. The number of aliphatic imine (C=N–C) groups is 1. The Kier molecular flexibility index (Phi) is 6.18. The van der Waals surface area contributed by atoms with E-state index in [4.69, 9.17) is 9.47 Å². The number of ether oxygens (including phenoxy) is 3. The van der Waals surface area contributed by atoms with E-state index in [0.29, 0.717) is 0 Å². The van der Waals surface area contributed by atoms with Crippen LogP contribution in [0.25, 0.3) is 0 Å². The second-order valence-electron chi connectivity index (χ2n) is 3.91. The number of carbonyl (C=O) groups excluding carboxylic acids is 1. The van der Waals surface area contributed by atoms with E-state index in [1.165, 1.54) is 7.11 Å². The molecule has 0 bridgehead atoms. The molecule has 0 saturated heterocycles. The van der Waals surface area contributed by atoms with Crippen molar-refractivity contribution in [2.45, 2.75) is 19.3 Å². The molecule has 0 aromatic heterocycles. The molecule has 1 aromatic rings. The van der Waals surface area contributed by atoms with E-state index in [-0.39, 0.29) is 5.97 Å². The Morgan fingerprint density at radius 2 is 1.84 bits per heavy atom. The van der Waals surface area contributed by atoms with Crippen LogP contribution in [0.2, 0.25) is 0 Å². The molecule has 0 aliphatic rings. The van der Waals surface area contributed by atoms with Crippen molar-refractivity contribution in [1.29, 1.82) is 0 Å². The van der Waals surface area contributed by atoms with Gasteiger partial charge in [-0.05, 0) is 6.92 Å². The van der Waals surface area contributed by atoms with Crippen molar-refractivity contribution in [1.82, 2.24) is 0 Å². The number of rotatable bonds is 6. The molecule has 0 aliphatic heterocycles. The second kappa shape index (κ2) is 7.66. The van der Waals surface area contributed by atoms with Gasteiger partial charge in [-0.1, -0.05) is 24.3 Å². The third kappa shape index (κ3) is 4.15. The molecule has 104 valence electrons. The summed E-state index contributed by atoms with van der Waals surface area (Å²) < 4.78 is 15.1. The molecule has 0 N–H and O–H groups in total. The lowest BCUT2D eigenvalue weighted by Crippen LogP contribution is -2.16. The third-order valence-electron chi connectivity index (χ3n) is 2.66. The maximum Gasteiger partial charge on any atom is 0.330 e. The van der Waals surface area contributed by atoms with E-state index in [2.05, 4.69) is 9.73 Å². The smallest absolute Gasteiger partial charge is 0.330 e. The van der Waals surface area contributed by atoms with Gasteiger partial charge in [0.05, 0.1) is 7.11 Å². The first-order valence-corrected chi connectivity index (χ1v) is 5.89. The van der Waals surface area contributed by atoms with Gasteiger partial charge in [-0.25, -0.2) is 4.79 Å². The molecule has 1 unspecified atom stereocenters. The normalized spacial score (nSPS) is 12.9. The van der Waals surface area contributed by atoms with Crippen molar-refractivity contribution in [2.24, 2.45) is 4.99 Å². The third-order valence-corrected chi connectivity index (χ3v) is 2.66. The SMILES string of the molecule is COC(=O)C(C)N=Cc1ccccc1C(OC)OC. The highest BCUT2D eigenvalue weighted by atomic mass is 16.7. The quantitative estimate of drug-likeness (QED) is 0.448. The Labute approximate surface area is 113 Å². The minimum atomic E-state index is -0.540. The second-order valence-corrected chi connectivity index (χ2v) is 3.91. The fourth-order valence-electron chi connectivity index (χ4n) is 1.62. The summed E-state index contributed by atoms with van der Waals surface area (Å²) in [6.45, 7) is 1.68. The first-order valence-electron chi connectivity index (χ1n) is 5.89. The van der Waals surface area contributed by atoms with Gasteiger partial charge >= 0.3 is 5.97 Å². The van der Waals surface area contributed by atoms with Crippen molar-refractivity contribution in [3.05, 3.63) is 35.4 Å². The molecule has 0 saturated carbocycles. The molecule has 0 amide bonds. The first kappa shape index (κ1) is 15.3. The van der Waals surface area contributed by atoms with Gasteiger partial charge in [-0.15, -0.1) is 0 Å². The van der Waals surface area contributed by atoms with Crippen molar-refractivity contribution in [3.63, 3.8) is 0 Å². The van der Waals surface area contributed by atoms with Gasteiger partial charge in [0, 0.05) is 31.6 Å². The highest BCUT2D eigenvalue weighted by Gasteiger charge is 2.13. The lowest BCUT2D eigenvalue weighted by molar-refractivity contribution is -0.141. The molecule has 1 atom stereocenters. The van der Waals surface area contributed by atoms with Crippen molar-refractivity contribution >= 4 is 12.2 Å². The summed E-state index contributed by atoms with van der Waals surface area (Å²) >= 11 is 0. The lowest BCUT2D eigenvalue weighted by atomic mass is 10.1. The predicted molar refractivity (Wildman–Crippen MR) is 72.3 cm³/mol. The van der Waals surface area contributed by atoms with Gasteiger partial charge in [-0.2, -0.15) is 0 Å². The highest BCUT2D eigenvalue weighted by Crippen LogP contribution is 2.20. The van der Waals surface area contributed by atoms with Gasteiger partial charge < -0.3 is 14.2 Å². The molecular weight excluding hydrogens is 246 g/mol. The van der Waals surface area contributed by atoms with Gasteiger partial charge in [0.15, 0.2) is 6.29 Å². The zero-order chi connectivity index (χ0) is 14.3. The fraction of sp³-hybridized carbons (Fsp3) is 0.429. The van der Waals surface area contributed by atoms with Crippen molar-refractivity contribution < 1.29 is 19.0 Å². The minimum Gasteiger partial charge on any atom is -0.467 e. The van der Waals surface area contributed by atoms with Crippen LogP contribution in [-0.4, -0.2) is 39.6 Å². The van der Waals surface area contributed by atoms with Crippen LogP contribution in [0.15, 0.2) is 29.3 Å². The van der Waals surface area contributed by atoms with E-state index in [1.807, 2.05) is 24.3 Å². The van der Waals surface area contributed by atoms with Crippen LogP contribution in [0.1, 0.15) is 24.3 Å². The van der Waals surface area contributed by atoms with Crippen LogP contribution in [0.5, 0.6) is 0 Å². The molecule has 5 nitrogen and oxygen atoms in total. The average molecular weight is 265 g/mol. The Morgan fingerprint density at radius 1 is 1.21 bits per heavy atom. The van der Waals surface area contributed by atoms with E-state index >= 15 is 0 Å². The summed E-state index contributed by atoms with van der Waals surface area (Å²) in [5, 5.41) is 0. The summed E-state index contributed by atoms with van der Waals surface area (Å²) in [6, 6.07) is 7.01. The molecule has 0 aliphatic carbocycles. The van der Waals surface area contributed by atoms with E-state index in [9.17, 15) is 4.79 Å². The van der Waals surface area contributed by atoms with Crippen LogP contribution in [0.4, 0.5) is 0 Å². The average Bonchev–Trinajstić information content (AvgIpc) is 2.46. The molecule has 0 heterocycles. The van der Waals surface area contributed by atoms with Crippen LogP contribution in [0, 0.1) is 0 Å². The zero-order valence-corrected chi connectivity index (χ0v) is 11.6. The molecular formula is C14H19NO4. The Bertz CT molecular complexity index is 441. The summed E-state index contributed by atoms with van der Waals surface area (Å²) in [4.78, 5) is 15.4. The fourth-order valence-corrected chi connectivity index (χ4v) is 1.62. The number of benzene rings is 1. The van der Waals surface area contributed by atoms with Crippen LogP contribution in [-0.2, 0) is 19.0 Å². The van der Waals surface area contributed by atoms with Gasteiger partial charge in [0.25, 0.3) is 0 Å². The van der Waals surface area contributed by atoms with Crippen molar-refractivity contribution in [2.75, 3.05) is 21.3 Å². The van der Waals surface area contributed by atoms with Crippen LogP contribution < -0.4 is 0 Å². The molecule has 0 radical (unpaired) electrons. The monoisotopic (exact) mass is 265 g/mol. The molecule has 1 rings (SSSR count). The van der Waals surface area contributed by atoms with E-state index < -0.39 is 12.3 Å². The number of methoxy groups -OCH3 is 3. The van der Waals surface area contributed by atoms with Crippen LogP contribution in [0.3, 0.4) is 0 Å². The van der Waals surface area contributed by atoms with E-state index in [0.717, 1.165) is 11.1 Å². The van der Waals surface area contributed by atoms with Crippen molar-refractivity contribution in [3.8, 4) is 0 Å². The Hall–Kier alpha value is -1.72. The summed E-state index contributed by atoms with van der Waals surface area (Å²) in [5.41, 5.74) is 1.69. The molecule has 19 heavy (non-hydrogen) atoms. The van der Waals surface area contributed by atoms with Gasteiger partial charge in [0.1, 0.15) is 6.04 Å². The zero-order valence-electron chi connectivity index (χ0n) is 11.6. The largest absolute Gasteiger partial charge is 0.467 e. The number of carbonyl (C=O) groups is 1. The molecule has 0 spiro atoms. The first-order chi connectivity index (χ1) is 9.13.